The Morgan fingerprint density at radius 3 is 2.33 bits per heavy atom. The minimum Gasteiger partial charge on any atom is -0.495 e. The number of halogens is 2. The first kappa shape index (κ1) is 12.7. The fourth-order valence-corrected chi connectivity index (χ4v) is 2.30. The van der Waals surface area contributed by atoms with Crippen LogP contribution in [0.5, 0.6) is 5.75 Å². The number of nitrogen functional groups attached to an aromatic ring is 1. The minimum absolute atomic E-state index is 0.534. The van der Waals surface area contributed by atoms with E-state index < -0.39 is 11.6 Å². The summed E-state index contributed by atoms with van der Waals surface area (Å²) < 4.78 is 30.9. The molecule has 2 aromatic rings. The van der Waals surface area contributed by atoms with Gasteiger partial charge in [-0.05, 0) is 36.4 Å². The predicted octanol–water partition coefficient (Wildman–Crippen LogP) is 3.71. The van der Waals surface area contributed by atoms with Gasteiger partial charge < -0.3 is 10.5 Å². The fraction of sp³-hybridized carbons (Fsp3) is 0.0769. The molecular weight excluding hydrogens is 256 g/mol. The molecule has 0 aliphatic carbocycles. The summed E-state index contributed by atoms with van der Waals surface area (Å²) in [6, 6.07) is 9.03. The lowest BCUT2D eigenvalue weighted by molar-refractivity contribution is 0.416. The molecule has 0 aromatic heterocycles. The standard InChI is InChI=1S/C13H11F2NOS/c1-17-13-7-9(3-5-12(13)16)18-8-2-4-10(14)11(15)6-8/h2-7H,16H2,1H3. The Kier molecular flexibility index (Phi) is 3.72. The molecule has 2 nitrogen and oxygen atoms in total. The molecular formula is C13H11F2NOS. The third-order valence-corrected chi connectivity index (χ3v) is 3.31. The number of ether oxygens (including phenoxy) is 1. The fourth-order valence-electron chi connectivity index (χ4n) is 1.43. The number of rotatable bonds is 3. The molecule has 0 heterocycles. The van der Waals surface area contributed by atoms with Crippen molar-refractivity contribution < 1.29 is 13.5 Å². The van der Waals surface area contributed by atoms with Gasteiger partial charge in [-0.15, -0.1) is 0 Å². The molecule has 2 N–H and O–H groups in total. The van der Waals surface area contributed by atoms with Crippen LogP contribution in [0, 0.1) is 11.6 Å². The van der Waals surface area contributed by atoms with Crippen LogP contribution in [0.1, 0.15) is 0 Å². The first-order valence-electron chi connectivity index (χ1n) is 5.16. The van der Waals surface area contributed by atoms with Crippen molar-refractivity contribution in [2.75, 3.05) is 12.8 Å². The molecule has 0 saturated heterocycles. The number of hydrogen-bond acceptors (Lipinski definition) is 3. The molecule has 2 aromatic carbocycles. The molecule has 0 fully saturated rings. The predicted molar refractivity (Wildman–Crippen MR) is 67.9 cm³/mol. The van der Waals surface area contributed by atoms with E-state index in [1.165, 1.54) is 24.9 Å². The topological polar surface area (TPSA) is 35.2 Å². The van der Waals surface area contributed by atoms with Gasteiger partial charge in [0.05, 0.1) is 12.8 Å². The van der Waals surface area contributed by atoms with Crippen LogP contribution in [0.15, 0.2) is 46.2 Å². The molecule has 18 heavy (non-hydrogen) atoms. The second-order valence-corrected chi connectivity index (χ2v) is 4.73. The van der Waals surface area contributed by atoms with Crippen molar-refractivity contribution in [1.82, 2.24) is 0 Å². The van der Waals surface area contributed by atoms with Crippen molar-refractivity contribution in [2.24, 2.45) is 0 Å². The minimum atomic E-state index is -0.859. The molecule has 0 aliphatic heterocycles. The Labute approximate surface area is 108 Å². The number of hydrogen-bond donors (Lipinski definition) is 1. The van der Waals surface area contributed by atoms with Gasteiger partial charge in [0.25, 0.3) is 0 Å². The molecule has 0 spiro atoms. The lowest BCUT2D eigenvalue weighted by Crippen LogP contribution is -1.92. The summed E-state index contributed by atoms with van der Waals surface area (Å²) >= 11 is 1.31. The van der Waals surface area contributed by atoms with Gasteiger partial charge in [0.2, 0.25) is 0 Å². The zero-order valence-corrected chi connectivity index (χ0v) is 10.4. The highest BCUT2D eigenvalue weighted by Gasteiger charge is 2.06. The monoisotopic (exact) mass is 267 g/mol. The van der Waals surface area contributed by atoms with Crippen molar-refractivity contribution in [2.45, 2.75) is 9.79 Å². The van der Waals surface area contributed by atoms with E-state index in [9.17, 15) is 8.78 Å². The third-order valence-electron chi connectivity index (χ3n) is 2.33. The molecule has 0 amide bonds. The Hall–Kier alpha value is -1.75. The number of methoxy groups -OCH3 is 1. The number of nitrogens with two attached hydrogens (primary N) is 1. The van der Waals surface area contributed by atoms with Crippen LogP contribution in [0.3, 0.4) is 0 Å². The van der Waals surface area contributed by atoms with E-state index in [1.807, 2.05) is 0 Å². The van der Waals surface area contributed by atoms with Gasteiger partial charge in [0.15, 0.2) is 11.6 Å². The van der Waals surface area contributed by atoms with E-state index in [2.05, 4.69) is 0 Å². The summed E-state index contributed by atoms with van der Waals surface area (Å²) in [5.74, 6) is -1.15. The SMILES string of the molecule is COc1cc(Sc2ccc(F)c(F)c2)ccc1N. The van der Waals surface area contributed by atoms with Gasteiger partial charge in [0.1, 0.15) is 5.75 Å². The van der Waals surface area contributed by atoms with E-state index in [4.69, 9.17) is 10.5 Å². The highest BCUT2D eigenvalue weighted by molar-refractivity contribution is 7.99. The van der Waals surface area contributed by atoms with Crippen molar-refractivity contribution in [3.63, 3.8) is 0 Å². The molecule has 2 rings (SSSR count). The summed E-state index contributed by atoms with van der Waals surface area (Å²) in [5.41, 5.74) is 6.23. The lowest BCUT2D eigenvalue weighted by Gasteiger charge is -2.07. The zero-order valence-electron chi connectivity index (χ0n) is 9.61. The molecule has 94 valence electrons. The van der Waals surface area contributed by atoms with Crippen molar-refractivity contribution >= 4 is 17.4 Å². The van der Waals surface area contributed by atoms with Crippen molar-refractivity contribution in [3.05, 3.63) is 48.0 Å². The van der Waals surface area contributed by atoms with Crippen LogP contribution in [0.4, 0.5) is 14.5 Å². The molecule has 0 saturated carbocycles. The lowest BCUT2D eigenvalue weighted by atomic mass is 10.3. The van der Waals surface area contributed by atoms with E-state index in [1.54, 1.807) is 18.2 Å². The summed E-state index contributed by atoms with van der Waals surface area (Å²) in [6.07, 6.45) is 0. The van der Waals surface area contributed by atoms with Crippen LogP contribution in [-0.2, 0) is 0 Å². The normalized spacial score (nSPS) is 10.4. The number of anilines is 1. The molecule has 0 aliphatic rings. The zero-order chi connectivity index (χ0) is 13.1. The van der Waals surface area contributed by atoms with Gasteiger partial charge >= 0.3 is 0 Å². The van der Waals surface area contributed by atoms with Crippen molar-refractivity contribution in [1.29, 1.82) is 0 Å². The first-order valence-corrected chi connectivity index (χ1v) is 5.98. The van der Waals surface area contributed by atoms with Gasteiger partial charge in [-0.1, -0.05) is 11.8 Å². The summed E-state index contributed by atoms with van der Waals surface area (Å²) in [4.78, 5) is 1.45. The van der Waals surface area contributed by atoms with Crippen LogP contribution in [0.25, 0.3) is 0 Å². The van der Waals surface area contributed by atoms with Gasteiger partial charge in [-0.25, -0.2) is 8.78 Å². The second kappa shape index (κ2) is 5.27. The van der Waals surface area contributed by atoms with E-state index in [-0.39, 0.29) is 0 Å². The van der Waals surface area contributed by atoms with Crippen molar-refractivity contribution in [3.8, 4) is 5.75 Å². The number of benzene rings is 2. The van der Waals surface area contributed by atoms with E-state index in [0.29, 0.717) is 16.3 Å². The summed E-state index contributed by atoms with van der Waals surface area (Å²) in [5, 5.41) is 0. The van der Waals surface area contributed by atoms with Crippen LogP contribution < -0.4 is 10.5 Å². The second-order valence-electron chi connectivity index (χ2n) is 3.58. The summed E-state index contributed by atoms with van der Waals surface area (Å²) in [6.45, 7) is 0. The third kappa shape index (κ3) is 2.73. The van der Waals surface area contributed by atoms with Crippen LogP contribution in [-0.4, -0.2) is 7.11 Å². The van der Waals surface area contributed by atoms with Gasteiger partial charge in [-0.2, -0.15) is 0 Å². The Bertz CT molecular complexity index is 575. The smallest absolute Gasteiger partial charge is 0.159 e. The quantitative estimate of drug-likeness (QED) is 0.861. The molecule has 0 atom stereocenters. The molecule has 0 bridgehead atoms. The highest BCUT2D eigenvalue weighted by Crippen LogP contribution is 2.33. The van der Waals surface area contributed by atoms with Crippen LogP contribution >= 0.6 is 11.8 Å². The maximum Gasteiger partial charge on any atom is 0.159 e. The Balaban J connectivity index is 2.25. The average Bonchev–Trinajstić information content (AvgIpc) is 2.36. The van der Waals surface area contributed by atoms with Gasteiger partial charge in [0, 0.05) is 9.79 Å². The molecule has 5 heteroatoms. The maximum atomic E-state index is 13.1. The first-order chi connectivity index (χ1) is 8.60. The van der Waals surface area contributed by atoms with E-state index in [0.717, 1.165) is 17.0 Å². The van der Waals surface area contributed by atoms with Crippen LogP contribution in [0.2, 0.25) is 0 Å². The summed E-state index contributed by atoms with van der Waals surface area (Å²) in [7, 11) is 1.53. The molecule has 0 unspecified atom stereocenters. The average molecular weight is 267 g/mol. The molecule has 0 radical (unpaired) electrons. The largest absolute Gasteiger partial charge is 0.495 e. The highest BCUT2D eigenvalue weighted by atomic mass is 32.2. The Morgan fingerprint density at radius 2 is 1.67 bits per heavy atom. The van der Waals surface area contributed by atoms with Gasteiger partial charge in [-0.3, -0.25) is 0 Å². The maximum absolute atomic E-state index is 13.1. The van der Waals surface area contributed by atoms with E-state index >= 15 is 0 Å². The Morgan fingerprint density at radius 1 is 1.00 bits per heavy atom.